The Labute approximate surface area is 197 Å². The summed E-state index contributed by atoms with van der Waals surface area (Å²) in [6.07, 6.45) is 1.33. The molecule has 2 aromatic rings. The van der Waals surface area contributed by atoms with Crippen LogP contribution in [0.15, 0.2) is 30.3 Å². The molecule has 3 rings (SSSR count). The molecule has 0 radical (unpaired) electrons. The van der Waals surface area contributed by atoms with Crippen molar-refractivity contribution in [2.45, 2.75) is 53.2 Å². The van der Waals surface area contributed by atoms with Gasteiger partial charge in [-0.25, -0.2) is 0 Å². The second-order valence-electron chi connectivity index (χ2n) is 9.78. The predicted molar refractivity (Wildman–Crippen MR) is 129 cm³/mol. The van der Waals surface area contributed by atoms with E-state index in [1.54, 1.807) is 21.3 Å². The zero-order chi connectivity index (χ0) is 24.2. The minimum Gasteiger partial charge on any atom is -0.493 e. The number of nitrogens with zero attached hydrogens (tertiary/aromatic N) is 1. The quantitative estimate of drug-likeness (QED) is 0.554. The van der Waals surface area contributed by atoms with Crippen molar-refractivity contribution in [1.29, 1.82) is 0 Å². The zero-order valence-corrected chi connectivity index (χ0v) is 21.0. The van der Waals surface area contributed by atoms with E-state index < -0.39 is 0 Å². The zero-order valence-electron chi connectivity index (χ0n) is 21.0. The molecule has 2 aromatic carbocycles. The number of hydrogen-bond donors (Lipinski definition) is 0. The highest BCUT2D eigenvalue weighted by molar-refractivity contribution is 5.78. The number of carbonyl (C=O) groups is 1. The van der Waals surface area contributed by atoms with Crippen LogP contribution in [0.3, 0.4) is 0 Å². The topological polar surface area (TPSA) is 57.2 Å². The van der Waals surface area contributed by atoms with E-state index in [0.717, 1.165) is 34.6 Å². The van der Waals surface area contributed by atoms with Gasteiger partial charge in [0.15, 0.2) is 11.5 Å². The molecule has 0 saturated carbocycles. The van der Waals surface area contributed by atoms with Crippen LogP contribution in [0.4, 0.5) is 0 Å². The minimum absolute atomic E-state index is 0.0467. The molecular weight excluding hydrogens is 418 g/mol. The molecule has 1 aliphatic rings. The predicted octanol–water partition coefficient (Wildman–Crippen LogP) is 5.10. The van der Waals surface area contributed by atoms with Crippen LogP contribution < -0.4 is 14.2 Å². The fourth-order valence-corrected chi connectivity index (χ4v) is 4.41. The van der Waals surface area contributed by atoms with E-state index in [4.69, 9.17) is 18.9 Å². The van der Waals surface area contributed by atoms with Crippen LogP contribution >= 0.6 is 0 Å². The summed E-state index contributed by atoms with van der Waals surface area (Å²) in [5.74, 6) is 2.43. The van der Waals surface area contributed by atoms with E-state index in [-0.39, 0.29) is 17.4 Å². The second kappa shape index (κ2) is 10.5. The van der Waals surface area contributed by atoms with Crippen molar-refractivity contribution >= 4 is 5.91 Å². The van der Waals surface area contributed by atoms with Crippen LogP contribution in [0.2, 0.25) is 0 Å². The van der Waals surface area contributed by atoms with Crippen LogP contribution in [0.25, 0.3) is 0 Å². The Morgan fingerprint density at radius 3 is 2.48 bits per heavy atom. The van der Waals surface area contributed by atoms with Gasteiger partial charge >= 0.3 is 0 Å². The largest absolute Gasteiger partial charge is 0.493 e. The lowest BCUT2D eigenvalue weighted by atomic mass is 9.88. The van der Waals surface area contributed by atoms with Gasteiger partial charge in [0.25, 0.3) is 0 Å². The van der Waals surface area contributed by atoms with Crippen LogP contribution in [-0.2, 0) is 22.6 Å². The first-order chi connectivity index (χ1) is 15.7. The van der Waals surface area contributed by atoms with E-state index in [9.17, 15) is 4.79 Å². The molecule has 180 valence electrons. The summed E-state index contributed by atoms with van der Waals surface area (Å²) < 4.78 is 22.5. The third-order valence-electron chi connectivity index (χ3n) is 6.10. The van der Waals surface area contributed by atoms with Crippen molar-refractivity contribution in [3.63, 3.8) is 0 Å². The van der Waals surface area contributed by atoms with Gasteiger partial charge in [0.1, 0.15) is 12.4 Å². The summed E-state index contributed by atoms with van der Waals surface area (Å²) in [5, 5.41) is 0. The summed E-state index contributed by atoms with van der Waals surface area (Å²) in [6, 6.07) is 9.98. The molecule has 1 amide bonds. The Bertz CT molecular complexity index is 979. The molecule has 1 atom stereocenters. The third kappa shape index (κ3) is 5.80. The number of rotatable bonds is 8. The molecule has 33 heavy (non-hydrogen) atoms. The highest BCUT2D eigenvalue weighted by Gasteiger charge is 2.32. The van der Waals surface area contributed by atoms with Crippen LogP contribution in [0, 0.1) is 12.3 Å². The van der Waals surface area contributed by atoms with Crippen molar-refractivity contribution in [2.75, 3.05) is 34.5 Å². The number of ether oxygens (including phenoxy) is 4. The van der Waals surface area contributed by atoms with Gasteiger partial charge in [-0.05, 0) is 53.6 Å². The lowest BCUT2D eigenvalue weighted by Gasteiger charge is -2.38. The fourth-order valence-electron chi connectivity index (χ4n) is 4.41. The maximum Gasteiger partial charge on any atom is 0.223 e. The van der Waals surface area contributed by atoms with Gasteiger partial charge in [-0.3, -0.25) is 4.79 Å². The van der Waals surface area contributed by atoms with Gasteiger partial charge in [0.05, 0.1) is 26.9 Å². The number of methoxy groups -OCH3 is 3. The van der Waals surface area contributed by atoms with E-state index in [0.29, 0.717) is 31.9 Å². The Kier molecular flexibility index (Phi) is 7.90. The van der Waals surface area contributed by atoms with Gasteiger partial charge < -0.3 is 23.8 Å². The fraction of sp³-hybridized carbons (Fsp3) is 0.519. The molecule has 0 saturated heterocycles. The monoisotopic (exact) mass is 455 g/mol. The number of carbonyl (C=O) groups excluding carboxylic acids is 1. The summed E-state index contributed by atoms with van der Waals surface area (Å²) in [7, 11) is 4.96. The molecule has 0 bridgehead atoms. The van der Waals surface area contributed by atoms with Gasteiger partial charge in [0, 0.05) is 25.6 Å². The normalized spacial score (nSPS) is 15.7. The molecule has 0 fully saturated rings. The minimum atomic E-state index is -0.0734. The average Bonchev–Trinajstić information content (AvgIpc) is 2.77. The number of benzene rings is 2. The molecule has 0 unspecified atom stereocenters. The number of fused-ring (bicyclic) bond motifs is 1. The van der Waals surface area contributed by atoms with E-state index >= 15 is 0 Å². The Morgan fingerprint density at radius 1 is 1.09 bits per heavy atom. The van der Waals surface area contributed by atoms with Crippen molar-refractivity contribution in [1.82, 2.24) is 4.90 Å². The van der Waals surface area contributed by atoms with Crippen molar-refractivity contribution in [3.8, 4) is 17.2 Å². The van der Waals surface area contributed by atoms with Gasteiger partial charge in [0.2, 0.25) is 5.91 Å². The van der Waals surface area contributed by atoms with E-state index in [1.807, 2.05) is 30.0 Å². The van der Waals surface area contributed by atoms with Gasteiger partial charge in [-0.1, -0.05) is 32.9 Å². The lowest BCUT2D eigenvalue weighted by Crippen LogP contribution is -2.43. The van der Waals surface area contributed by atoms with Gasteiger partial charge in [-0.15, -0.1) is 0 Å². The van der Waals surface area contributed by atoms with Crippen LogP contribution in [0.5, 0.6) is 17.2 Å². The van der Waals surface area contributed by atoms with E-state index in [2.05, 4.69) is 32.9 Å². The van der Waals surface area contributed by atoms with Crippen LogP contribution in [0.1, 0.15) is 55.5 Å². The highest BCUT2D eigenvalue weighted by atomic mass is 16.5. The molecule has 0 N–H and O–H groups in total. The first-order valence-corrected chi connectivity index (χ1v) is 11.4. The Morgan fingerprint density at radius 2 is 1.85 bits per heavy atom. The summed E-state index contributed by atoms with van der Waals surface area (Å²) in [6.45, 7) is 9.89. The van der Waals surface area contributed by atoms with Crippen molar-refractivity contribution in [2.24, 2.45) is 5.41 Å². The second-order valence-corrected chi connectivity index (χ2v) is 9.78. The average molecular weight is 456 g/mol. The molecule has 0 spiro atoms. The maximum absolute atomic E-state index is 13.0. The molecule has 0 aromatic heterocycles. The van der Waals surface area contributed by atoms with Gasteiger partial charge in [-0.2, -0.15) is 0 Å². The molecule has 6 heteroatoms. The molecule has 1 aliphatic heterocycles. The molecule has 1 heterocycles. The summed E-state index contributed by atoms with van der Waals surface area (Å²) >= 11 is 0. The number of hydrogen-bond acceptors (Lipinski definition) is 5. The van der Waals surface area contributed by atoms with E-state index in [1.165, 1.54) is 5.56 Å². The maximum atomic E-state index is 13.0. The first kappa shape index (κ1) is 24.9. The molecular formula is C27H37NO5. The van der Waals surface area contributed by atoms with Crippen molar-refractivity contribution < 1.29 is 23.7 Å². The molecule has 0 aliphatic carbocycles. The molecule has 6 nitrogen and oxygen atoms in total. The Hall–Kier alpha value is -2.73. The highest BCUT2D eigenvalue weighted by Crippen LogP contribution is 2.36. The Balaban J connectivity index is 1.77. The standard InChI is InChI=1S/C27H37NO5/c1-18-20(8-11-24(31-6)26(18)32-7)16-33-21-9-10-22-19(14-21)12-13-28(23(22)17-30-5)25(29)15-27(2,3)4/h8-11,14,23H,12-13,15-17H2,1-7H3/t23-/m0/s1. The van der Waals surface area contributed by atoms with Crippen LogP contribution in [-0.4, -0.2) is 45.3 Å². The lowest BCUT2D eigenvalue weighted by molar-refractivity contribution is -0.137. The number of amides is 1. The SMILES string of the molecule is COC[C@H]1c2ccc(OCc3ccc(OC)c(OC)c3C)cc2CCN1C(=O)CC(C)(C)C. The van der Waals surface area contributed by atoms with Crippen molar-refractivity contribution in [3.05, 3.63) is 52.6 Å². The first-order valence-electron chi connectivity index (χ1n) is 11.4. The smallest absolute Gasteiger partial charge is 0.223 e. The summed E-state index contributed by atoms with van der Waals surface area (Å²) in [4.78, 5) is 15.0. The third-order valence-corrected chi connectivity index (χ3v) is 6.10. The summed E-state index contributed by atoms with van der Waals surface area (Å²) in [5.41, 5.74) is 4.34.